The van der Waals surface area contributed by atoms with Crippen LogP contribution in [-0.2, 0) is 6.61 Å². The number of anilines is 1. The molecule has 0 radical (unpaired) electrons. The normalized spacial score (nSPS) is 11.7. The maximum absolute atomic E-state index is 6.71. The average molecular weight is 581 g/mol. The summed E-state index contributed by atoms with van der Waals surface area (Å²) in [5.74, 6) is 0.646. The van der Waals surface area contributed by atoms with Crippen LogP contribution in [-0.4, -0.2) is 4.57 Å². The Bertz CT molecular complexity index is 2540. The van der Waals surface area contributed by atoms with Crippen LogP contribution < -0.4 is 10.5 Å². The molecule has 0 bridgehead atoms. The highest BCUT2D eigenvalue weighted by Gasteiger charge is 2.20. The summed E-state index contributed by atoms with van der Waals surface area (Å²) in [4.78, 5) is 0. The summed E-state index contributed by atoms with van der Waals surface area (Å²) in [6.45, 7) is 0.375. The molecule has 0 atom stereocenters. The number of hydrogen-bond donors (Lipinski definition) is 1. The Morgan fingerprint density at radius 1 is 0.622 bits per heavy atom. The van der Waals surface area contributed by atoms with E-state index in [1.165, 1.54) is 32.6 Å². The molecule has 9 rings (SSSR count). The number of nitrogens with two attached hydrogens (primary N) is 1. The lowest BCUT2D eigenvalue weighted by Crippen LogP contribution is -2.01. The van der Waals surface area contributed by atoms with Crippen LogP contribution in [0.2, 0.25) is 0 Å². The van der Waals surface area contributed by atoms with Crippen molar-refractivity contribution in [3.63, 3.8) is 0 Å². The van der Waals surface area contributed by atoms with Gasteiger partial charge in [0.1, 0.15) is 17.8 Å². The van der Waals surface area contributed by atoms with Crippen LogP contribution in [0.3, 0.4) is 0 Å². The predicted molar refractivity (Wildman–Crippen MR) is 186 cm³/mol. The summed E-state index contributed by atoms with van der Waals surface area (Å²) in [7, 11) is 0. The number of nitrogens with zero attached hydrogens (tertiary/aromatic N) is 1. The van der Waals surface area contributed by atoms with Gasteiger partial charge in [-0.1, -0.05) is 115 Å². The van der Waals surface area contributed by atoms with E-state index in [9.17, 15) is 0 Å². The van der Waals surface area contributed by atoms with E-state index >= 15 is 0 Å². The number of fused-ring (bicyclic) bond motifs is 8. The van der Waals surface area contributed by atoms with Crippen LogP contribution >= 0.6 is 0 Å². The molecule has 0 spiro atoms. The number of furan rings is 1. The maximum atomic E-state index is 6.71. The molecule has 214 valence electrons. The van der Waals surface area contributed by atoms with E-state index in [1.807, 2.05) is 42.5 Å². The molecular weight excluding hydrogens is 552 g/mol. The lowest BCUT2D eigenvalue weighted by molar-refractivity contribution is 0.312. The van der Waals surface area contributed by atoms with Crippen LogP contribution in [0.1, 0.15) is 5.56 Å². The zero-order valence-electron chi connectivity index (χ0n) is 24.4. The van der Waals surface area contributed by atoms with Crippen LogP contribution in [0.15, 0.2) is 150 Å². The minimum absolute atomic E-state index is 0.375. The third-order valence-electron chi connectivity index (χ3n) is 8.85. The molecule has 2 N–H and O–H groups in total. The van der Waals surface area contributed by atoms with Gasteiger partial charge in [-0.05, 0) is 46.8 Å². The Kier molecular flexibility index (Phi) is 5.69. The summed E-state index contributed by atoms with van der Waals surface area (Å²) in [5.41, 5.74) is 15.5. The van der Waals surface area contributed by atoms with E-state index in [0.717, 1.165) is 44.3 Å². The van der Waals surface area contributed by atoms with Gasteiger partial charge in [0.05, 0.1) is 22.1 Å². The van der Waals surface area contributed by atoms with Gasteiger partial charge >= 0.3 is 0 Å². The van der Waals surface area contributed by atoms with E-state index in [2.05, 4.69) is 108 Å². The van der Waals surface area contributed by atoms with E-state index in [0.29, 0.717) is 18.0 Å². The Balaban J connectivity index is 1.12. The van der Waals surface area contributed by atoms with Crippen LogP contribution in [0, 0.1) is 0 Å². The zero-order valence-corrected chi connectivity index (χ0v) is 24.4. The topological polar surface area (TPSA) is 53.3 Å². The Hall–Kier alpha value is -6.00. The van der Waals surface area contributed by atoms with Crippen molar-refractivity contribution in [3.8, 4) is 22.6 Å². The van der Waals surface area contributed by atoms with Gasteiger partial charge in [0, 0.05) is 32.8 Å². The number of benzene rings is 7. The fourth-order valence-electron chi connectivity index (χ4n) is 6.77. The molecule has 0 fully saturated rings. The second-order valence-electron chi connectivity index (χ2n) is 11.5. The van der Waals surface area contributed by atoms with Crippen molar-refractivity contribution >= 4 is 60.2 Å². The van der Waals surface area contributed by atoms with E-state index in [4.69, 9.17) is 14.9 Å². The summed E-state index contributed by atoms with van der Waals surface area (Å²) in [6.07, 6.45) is 0. The fourth-order valence-corrected chi connectivity index (χ4v) is 6.77. The first-order valence-corrected chi connectivity index (χ1v) is 15.2. The van der Waals surface area contributed by atoms with Crippen molar-refractivity contribution in [2.45, 2.75) is 6.61 Å². The Morgan fingerprint density at radius 2 is 1.33 bits per heavy atom. The summed E-state index contributed by atoms with van der Waals surface area (Å²) >= 11 is 0. The maximum Gasteiger partial charge on any atom is 0.154 e. The first kappa shape index (κ1) is 25.5. The van der Waals surface area contributed by atoms with Crippen LogP contribution in [0.5, 0.6) is 5.75 Å². The number of hydrogen-bond acceptors (Lipinski definition) is 3. The molecule has 0 saturated carbocycles. The monoisotopic (exact) mass is 580 g/mol. The van der Waals surface area contributed by atoms with Crippen molar-refractivity contribution in [3.05, 3.63) is 151 Å². The molecule has 0 aliphatic rings. The number of ether oxygens (including phenoxy) is 1. The van der Waals surface area contributed by atoms with Crippen LogP contribution in [0.25, 0.3) is 71.3 Å². The molecular formula is C41H28N2O2. The first-order valence-electron chi connectivity index (χ1n) is 15.2. The SMILES string of the molecule is Nc1cc(-c2ccccc2)c2oc3ccccc3c2c1OCc1ccc(-n2c3ccccc3c3ccc4ccccc4c32)cc1. The highest BCUT2D eigenvalue weighted by atomic mass is 16.5. The van der Waals surface area contributed by atoms with Gasteiger partial charge in [0.25, 0.3) is 0 Å². The molecule has 4 nitrogen and oxygen atoms in total. The Morgan fingerprint density at radius 3 is 2.18 bits per heavy atom. The molecule has 2 heterocycles. The zero-order chi connectivity index (χ0) is 29.9. The third-order valence-corrected chi connectivity index (χ3v) is 8.85. The van der Waals surface area contributed by atoms with Gasteiger partial charge in [-0.25, -0.2) is 0 Å². The quantitative estimate of drug-likeness (QED) is 0.206. The van der Waals surface area contributed by atoms with Crippen molar-refractivity contribution in [2.24, 2.45) is 0 Å². The molecule has 45 heavy (non-hydrogen) atoms. The largest absolute Gasteiger partial charge is 0.486 e. The molecule has 9 aromatic rings. The second kappa shape index (κ2) is 10.0. The number of aromatic nitrogens is 1. The van der Waals surface area contributed by atoms with Crippen molar-refractivity contribution in [2.75, 3.05) is 5.73 Å². The van der Waals surface area contributed by atoms with Crippen molar-refractivity contribution in [1.29, 1.82) is 0 Å². The van der Waals surface area contributed by atoms with Gasteiger partial charge in [0.15, 0.2) is 5.75 Å². The van der Waals surface area contributed by atoms with Crippen LogP contribution in [0.4, 0.5) is 5.69 Å². The first-order chi connectivity index (χ1) is 22.2. The average Bonchev–Trinajstić information content (AvgIpc) is 3.65. The highest BCUT2D eigenvalue weighted by molar-refractivity contribution is 6.18. The summed E-state index contributed by atoms with van der Waals surface area (Å²) in [5, 5.41) is 6.86. The van der Waals surface area contributed by atoms with E-state index in [-0.39, 0.29) is 0 Å². The Labute approximate surface area is 259 Å². The lowest BCUT2D eigenvalue weighted by Gasteiger charge is -2.14. The summed E-state index contributed by atoms with van der Waals surface area (Å²) < 4.78 is 15.3. The summed E-state index contributed by atoms with van der Waals surface area (Å²) in [6, 6.07) is 50.5. The minimum Gasteiger partial charge on any atom is -0.486 e. The van der Waals surface area contributed by atoms with Crippen molar-refractivity contribution in [1.82, 2.24) is 4.57 Å². The minimum atomic E-state index is 0.375. The third kappa shape index (κ3) is 4.00. The highest BCUT2D eigenvalue weighted by Crippen LogP contribution is 2.45. The molecule has 0 amide bonds. The molecule has 2 aromatic heterocycles. The lowest BCUT2D eigenvalue weighted by atomic mass is 10.0. The molecule has 0 unspecified atom stereocenters. The number of nitrogen functional groups attached to an aromatic ring is 1. The molecule has 0 saturated heterocycles. The molecule has 0 aliphatic carbocycles. The molecule has 4 heteroatoms. The van der Waals surface area contributed by atoms with Gasteiger partial charge < -0.3 is 19.5 Å². The number of para-hydroxylation sites is 2. The van der Waals surface area contributed by atoms with Gasteiger partial charge in [0.2, 0.25) is 0 Å². The van der Waals surface area contributed by atoms with Crippen molar-refractivity contribution < 1.29 is 9.15 Å². The van der Waals surface area contributed by atoms with E-state index < -0.39 is 0 Å². The van der Waals surface area contributed by atoms with Gasteiger partial charge in [-0.2, -0.15) is 0 Å². The molecule has 7 aromatic carbocycles. The second-order valence-corrected chi connectivity index (χ2v) is 11.5. The predicted octanol–water partition coefficient (Wildman–Crippen LogP) is 10.7. The fraction of sp³-hybridized carbons (Fsp3) is 0.0244. The van der Waals surface area contributed by atoms with Gasteiger partial charge in [-0.15, -0.1) is 0 Å². The standard InChI is InChI=1S/C41H28N2O2/c42-35-24-34(27-10-2-1-3-11-27)40-38(33-15-7-9-17-37(33)45-40)41(35)44-25-26-18-21-29(22-19-26)43-36-16-8-6-14-31(36)32-23-20-28-12-4-5-13-30(28)39(32)43/h1-24H,25,42H2. The molecule has 0 aliphatic heterocycles. The number of rotatable bonds is 5. The van der Waals surface area contributed by atoms with E-state index in [1.54, 1.807) is 0 Å². The van der Waals surface area contributed by atoms with Gasteiger partial charge in [-0.3, -0.25) is 0 Å². The smallest absolute Gasteiger partial charge is 0.154 e.